The van der Waals surface area contributed by atoms with Gasteiger partial charge in [-0.2, -0.15) is 0 Å². The van der Waals surface area contributed by atoms with E-state index >= 15 is 0 Å². The Kier molecular flexibility index (Phi) is 4.67. The van der Waals surface area contributed by atoms with E-state index < -0.39 is 11.6 Å². The van der Waals surface area contributed by atoms with E-state index in [0.717, 1.165) is 31.7 Å². The van der Waals surface area contributed by atoms with Gasteiger partial charge in [-0.1, -0.05) is 25.0 Å². The van der Waals surface area contributed by atoms with Crippen LogP contribution >= 0.6 is 0 Å². The molecule has 2 aliphatic rings. The zero-order valence-electron chi connectivity index (χ0n) is 13.3. The Morgan fingerprint density at radius 1 is 1.30 bits per heavy atom. The zero-order chi connectivity index (χ0) is 16.6. The summed E-state index contributed by atoms with van der Waals surface area (Å²) >= 11 is 0. The lowest BCUT2D eigenvalue weighted by Crippen LogP contribution is -2.38. The van der Waals surface area contributed by atoms with Gasteiger partial charge >= 0.3 is 0 Å². The number of carbonyl (C=O) groups is 1. The molecule has 0 spiro atoms. The van der Waals surface area contributed by atoms with Crippen molar-refractivity contribution < 1.29 is 18.7 Å². The number of carbonyl (C=O) groups excluding carboxylic acids is 1. The minimum atomic E-state index is -0.862. The zero-order valence-corrected chi connectivity index (χ0v) is 13.3. The topological polar surface area (TPSA) is 40.5 Å². The second kappa shape index (κ2) is 6.56. The Morgan fingerprint density at radius 3 is 2.78 bits per heavy atom. The molecule has 23 heavy (non-hydrogen) atoms. The van der Waals surface area contributed by atoms with Crippen molar-refractivity contribution in [3.05, 3.63) is 35.4 Å². The molecule has 0 radical (unpaired) electrons. The van der Waals surface area contributed by atoms with Crippen LogP contribution in [0.2, 0.25) is 0 Å². The van der Waals surface area contributed by atoms with Crippen LogP contribution in [0.1, 0.15) is 43.6 Å². The van der Waals surface area contributed by atoms with Gasteiger partial charge in [-0.25, -0.2) is 8.78 Å². The van der Waals surface area contributed by atoms with Crippen molar-refractivity contribution in [3.63, 3.8) is 0 Å². The third kappa shape index (κ3) is 3.39. The molecule has 1 N–H and O–H groups in total. The minimum absolute atomic E-state index is 0.0311. The van der Waals surface area contributed by atoms with Gasteiger partial charge in [0.2, 0.25) is 5.91 Å². The summed E-state index contributed by atoms with van der Waals surface area (Å²) in [5.74, 6) is -2.09. The Morgan fingerprint density at radius 2 is 2.04 bits per heavy atom. The maximum Gasteiger partial charge on any atom is 0.226 e. The largest absolute Gasteiger partial charge is 0.393 e. The fourth-order valence-electron chi connectivity index (χ4n) is 3.74. The molecule has 4 unspecified atom stereocenters. The van der Waals surface area contributed by atoms with Crippen LogP contribution in [0.4, 0.5) is 8.78 Å². The summed E-state index contributed by atoms with van der Waals surface area (Å²) in [4.78, 5) is 14.1. The molecule has 2 saturated carbocycles. The lowest BCUT2D eigenvalue weighted by atomic mass is 9.86. The molecule has 1 aromatic carbocycles. The Bertz CT molecular complexity index is 592. The van der Waals surface area contributed by atoms with Crippen LogP contribution in [0.3, 0.4) is 0 Å². The summed E-state index contributed by atoms with van der Waals surface area (Å²) in [5, 5.41) is 10.0. The second-order valence-electron chi connectivity index (χ2n) is 6.92. The summed E-state index contributed by atoms with van der Waals surface area (Å²) < 4.78 is 27.1. The van der Waals surface area contributed by atoms with Gasteiger partial charge in [0.15, 0.2) is 11.6 Å². The van der Waals surface area contributed by atoms with Crippen LogP contribution in [0, 0.1) is 23.5 Å². The quantitative estimate of drug-likeness (QED) is 0.925. The molecule has 0 heterocycles. The summed E-state index contributed by atoms with van der Waals surface area (Å²) in [5.41, 5.74) is 0.300. The maximum atomic E-state index is 13.8. The van der Waals surface area contributed by atoms with Crippen LogP contribution in [-0.4, -0.2) is 35.6 Å². The molecule has 1 amide bonds. The molecular weight excluding hydrogens is 300 g/mol. The summed E-state index contributed by atoms with van der Waals surface area (Å²) in [7, 11) is 1.74. The van der Waals surface area contributed by atoms with Gasteiger partial charge in [-0.05, 0) is 36.8 Å². The number of hydrogen-bond donors (Lipinski definition) is 1. The van der Waals surface area contributed by atoms with Crippen LogP contribution in [0.25, 0.3) is 0 Å². The monoisotopic (exact) mass is 323 g/mol. The highest BCUT2D eigenvalue weighted by atomic mass is 19.2. The van der Waals surface area contributed by atoms with Crippen molar-refractivity contribution in [2.24, 2.45) is 11.8 Å². The number of aliphatic hydroxyl groups excluding tert-OH is 1. The van der Waals surface area contributed by atoms with E-state index in [1.165, 1.54) is 6.07 Å². The second-order valence-corrected chi connectivity index (χ2v) is 6.92. The summed E-state index contributed by atoms with van der Waals surface area (Å²) in [6.07, 6.45) is 4.09. The number of rotatable bonds is 4. The molecule has 0 aliphatic heterocycles. The van der Waals surface area contributed by atoms with Crippen molar-refractivity contribution in [2.45, 2.75) is 44.1 Å². The molecule has 4 atom stereocenters. The lowest BCUT2D eigenvalue weighted by molar-refractivity contribution is -0.132. The molecule has 3 rings (SSSR count). The highest BCUT2D eigenvalue weighted by Gasteiger charge is 2.47. The van der Waals surface area contributed by atoms with E-state index in [1.807, 2.05) is 0 Å². The molecule has 0 saturated heterocycles. The highest BCUT2D eigenvalue weighted by Crippen LogP contribution is 2.49. The van der Waals surface area contributed by atoms with Crippen LogP contribution in [0.5, 0.6) is 0 Å². The number of amides is 1. The van der Waals surface area contributed by atoms with Gasteiger partial charge in [0.1, 0.15) is 0 Å². The van der Waals surface area contributed by atoms with Crippen molar-refractivity contribution in [1.29, 1.82) is 0 Å². The maximum absolute atomic E-state index is 13.8. The van der Waals surface area contributed by atoms with Crippen molar-refractivity contribution in [2.75, 3.05) is 13.6 Å². The van der Waals surface area contributed by atoms with Crippen LogP contribution < -0.4 is 0 Å². The van der Waals surface area contributed by atoms with Gasteiger partial charge in [-0.3, -0.25) is 4.79 Å². The van der Waals surface area contributed by atoms with E-state index in [1.54, 1.807) is 18.0 Å². The number of halogens is 2. The molecule has 1 aromatic rings. The average Bonchev–Trinajstić information content (AvgIpc) is 3.32. The predicted molar refractivity (Wildman–Crippen MR) is 82.8 cm³/mol. The normalized spacial score (nSPS) is 30.1. The fourth-order valence-corrected chi connectivity index (χ4v) is 3.74. The van der Waals surface area contributed by atoms with Crippen molar-refractivity contribution >= 4 is 5.91 Å². The Hall–Kier alpha value is -1.49. The van der Waals surface area contributed by atoms with E-state index in [9.17, 15) is 18.7 Å². The van der Waals surface area contributed by atoms with Crippen molar-refractivity contribution in [3.8, 4) is 0 Å². The third-order valence-electron chi connectivity index (χ3n) is 5.24. The standard InChI is InChI=1S/C18H23F2NO2/c1-21(10-11-5-2-3-8-16(11)22)18(23)14-9-13(14)12-6-4-7-15(19)17(12)20/h4,6-7,11,13-14,16,22H,2-3,5,8-10H2,1H3. The molecule has 3 nitrogen and oxygen atoms in total. The third-order valence-corrected chi connectivity index (χ3v) is 5.24. The first-order chi connectivity index (χ1) is 11.0. The fraction of sp³-hybridized carbons (Fsp3) is 0.611. The smallest absolute Gasteiger partial charge is 0.226 e. The Labute approximate surface area is 135 Å². The van der Waals surface area contributed by atoms with Gasteiger partial charge in [0.05, 0.1) is 6.10 Å². The van der Waals surface area contributed by atoms with Crippen LogP contribution in [0.15, 0.2) is 18.2 Å². The first kappa shape index (κ1) is 16.4. The number of benzene rings is 1. The van der Waals surface area contributed by atoms with Gasteiger partial charge in [0, 0.05) is 25.4 Å². The van der Waals surface area contributed by atoms with Gasteiger partial charge in [0.25, 0.3) is 0 Å². The predicted octanol–water partition coefficient (Wildman–Crippen LogP) is 3.08. The molecular formula is C18H23F2NO2. The van der Waals surface area contributed by atoms with Crippen LogP contribution in [-0.2, 0) is 4.79 Å². The first-order valence-corrected chi connectivity index (χ1v) is 8.36. The first-order valence-electron chi connectivity index (χ1n) is 8.36. The number of aliphatic hydroxyl groups is 1. The molecule has 2 aliphatic carbocycles. The highest BCUT2D eigenvalue weighted by molar-refractivity contribution is 5.82. The van der Waals surface area contributed by atoms with E-state index in [2.05, 4.69) is 0 Å². The molecule has 126 valence electrons. The lowest BCUT2D eigenvalue weighted by Gasteiger charge is -2.31. The summed E-state index contributed by atoms with van der Waals surface area (Å²) in [6, 6.07) is 4.13. The SMILES string of the molecule is CN(CC1CCCCC1O)C(=O)C1CC1c1cccc(F)c1F. The molecule has 2 fully saturated rings. The summed E-state index contributed by atoms with van der Waals surface area (Å²) in [6.45, 7) is 0.537. The molecule has 0 bridgehead atoms. The van der Waals surface area contributed by atoms with Gasteiger partial charge < -0.3 is 10.0 Å². The Balaban J connectivity index is 1.60. The van der Waals surface area contributed by atoms with E-state index in [4.69, 9.17) is 0 Å². The minimum Gasteiger partial charge on any atom is -0.393 e. The van der Waals surface area contributed by atoms with E-state index in [0.29, 0.717) is 18.5 Å². The average molecular weight is 323 g/mol. The van der Waals surface area contributed by atoms with Gasteiger partial charge in [-0.15, -0.1) is 0 Å². The molecule has 5 heteroatoms. The number of hydrogen-bond acceptors (Lipinski definition) is 2. The van der Waals surface area contributed by atoms with E-state index in [-0.39, 0.29) is 29.8 Å². The van der Waals surface area contributed by atoms with Crippen molar-refractivity contribution in [1.82, 2.24) is 4.90 Å². The number of nitrogens with zero attached hydrogens (tertiary/aromatic N) is 1. The molecule has 0 aromatic heterocycles.